The van der Waals surface area contributed by atoms with Crippen LogP contribution in [0.3, 0.4) is 0 Å². The van der Waals surface area contributed by atoms with Crippen LogP contribution in [0.2, 0.25) is 0 Å². The quantitative estimate of drug-likeness (QED) is 0.902. The molecule has 0 radical (unpaired) electrons. The molecule has 1 aliphatic rings. The SMILES string of the molecule is O=S(=O)(Nc1ccn[nH]1)c1ccc2c(c1)CCCC2. The predicted molar refractivity (Wildman–Crippen MR) is 72.5 cm³/mol. The van der Waals surface area contributed by atoms with Crippen LogP contribution in [0, 0.1) is 0 Å². The van der Waals surface area contributed by atoms with Crippen molar-refractivity contribution in [3.63, 3.8) is 0 Å². The predicted octanol–water partition coefficient (Wildman–Crippen LogP) is 2.09. The zero-order valence-corrected chi connectivity index (χ0v) is 11.2. The number of aryl methyl sites for hydroxylation is 2. The third kappa shape index (κ3) is 2.49. The van der Waals surface area contributed by atoms with Gasteiger partial charge in [-0.15, -0.1) is 0 Å². The molecular formula is C13H15N3O2S. The van der Waals surface area contributed by atoms with Gasteiger partial charge in [0.15, 0.2) is 0 Å². The Bertz CT molecular complexity index is 678. The number of rotatable bonds is 3. The maximum atomic E-state index is 12.2. The number of fused-ring (bicyclic) bond motifs is 1. The van der Waals surface area contributed by atoms with E-state index in [2.05, 4.69) is 14.9 Å². The Balaban J connectivity index is 1.93. The van der Waals surface area contributed by atoms with E-state index in [1.807, 2.05) is 6.07 Å². The van der Waals surface area contributed by atoms with Crippen molar-refractivity contribution in [1.82, 2.24) is 10.2 Å². The fourth-order valence-corrected chi connectivity index (χ4v) is 3.46. The number of aromatic amines is 1. The smallest absolute Gasteiger partial charge is 0.263 e. The molecule has 1 aromatic carbocycles. The van der Waals surface area contributed by atoms with Gasteiger partial charge in [0.25, 0.3) is 10.0 Å². The lowest BCUT2D eigenvalue weighted by Gasteiger charge is -2.16. The van der Waals surface area contributed by atoms with Crippen LogP contribution in [-0.4, -0.2) is 18.6 Å². The Morgan fingerprint density at radius 1 is 1.11 bits per heavy atom. The van der Waals surface area contributed by atoms with Crippen molar-refractivity contribution in [2.24, 2.45) is 0 Å². The summed E-state index contributed by atoms with van der Waals surface area (Å²) in [6.07, 6.45) is 5.83. The lowest BCUT2D eigenvalue weighted by atomic mass is 9.92. The van der Waals surface area contributed by atoms with Gasteiger partial charge in [-0.05, 0) is 48.9 Å². The number of H-pyrrole nitrogens is 1. The molecule has 0 unspecified atom stereocenters. The molecule has 1 heterocycles. The molecule has 5 nitrogen and oxygen atoms in total. The van der Waals surface area contributed by atoms with E-state index in [-0.39, 0.29) is 0 Å². The first kappa shape index (κ1) is 12.2. The lowest BCUT2D eigenvalue weighted by molar-refractivity contribution is 0.600. The van der Waals surface area contributed by atoms with E-state index in [9.17, 15) is 8.42 Å². The van der Waals surface area contributed by atoms with E-state index in [0.29, 0.717) is 10.7 Å². The van der Waals surface area contributed by atoms with Gasteiger partial charge < -0.3 is 0 Å². The molecule has 0 aliphatic heterocycles. The summed E-state index contributed by atoms with van der Waals surface area (Å²) in [5.41, 5.74) is 2.42. The molecule has 2 aromatic rings. The van der Waals surface area contributed by atoms with Gasteiger partial charge in [-0.3, -0.25) is 9.82 Å². The number of nitrogens with one attached hydrogen (secondary N) is 2. The number of anilines is 1. The molecule has 0 saturated carbocycles. The summed E-state index contributed by atoms with van der Waals surface area (Å²) in [6, 6.07) is 6.96. The molecule has 2 N–H and O–H groups in total. The van der Waals surface area contributed by atoms with E-state index in [1.54, 1.807) is 18.2 Å². The number of hydrogen-bond donors (Lipinski definition) is 2. The maximum absolute atomic E-state index is 12.2. The van der Waals surface area contributed by atoms with Gasteiger partial charge in [0.05, 0.1) is 11.1 Å². The average molecular weight is 277 g/mol. The number of aromatic nitrogens is 2. The monoisotopic (exact) mass is 277 g/mol. The summed E-state index contributed by atoms with van der Waals surface area (Å²) in [6.45, 7) is 0. The summed E-state index contributed by atoms with van der Waals surface area (Å²) < 4.78 is 26.9. The zero-order chi connectivity index (χ0) is 13.3. The Morgan fingerprint density at radius 2 is 1.89 bits per heavy atom. The molecule has 0 fully saturated rings. The van der Waals surface area contributed by atoms with Crippen LogP contribution < -0.4 is 4.72 Å². The van der Waals surface area contributed by atoms with E-state index in [4.69, 9.17) is 0 Å². The van der Waals surface area contributed by atoms with Crippen molar-refractivity contribution in [1.29, 1.82) is 0 Å². The summed E-state index contributed by atoms with van der Waals surface area (Å²) in [5, 5.41) is 6.30. The van der Waals surface area contributed by atoms with Crippen molar-refractivity contribution in [3.8, 4) is 0 Å². The minimum absolute atomic E-state index is 0.308. The first-order valence-corrected chi connectivity index (χ1v) is 7.77. The van der Waals surface area contributed by atoms with Crippen molar-refractivity contribution in [2.45, 2.75) is 30.6 Å². The van der Waals surface area contributed by atoms with E-state index in [0.717, 1.165) is 24.8 Å². The second-order valence-electron chi connectivity index (χ2n) is 4.71. The van der Waals surface area contributed by atoms with Crippen molar-refractivity contribution in [2.75, 3.05) is 4.72 Å². The lowest BCUT2D eigenvalue weighted by Crippen LogP contribution is -2.14. The summed E-state index contributed by atoms with van der Waals surface area (Å²) in [7, 11) is -3.54. The van der Waals surface area contributed by atoms with Crippen LogP contribution in [0.1, 0.15) is 24.0 Å². The van der Waals surface area contributed by atoms with Gasteiger partial charge in [0, 0.05) is 6.07 Å². The largest absolute Gasteiger partial charge is 0.264 e. The highest BCUT2D eigenvalue weighted by atomic mass is 32.2. The molecule has 3 rings (SSSR count). The highest BCUT2D eigenvalue weighted by Gasteiger charge is 2.18. The Labute approximate surface area is 112 Å². The number of benzene rings is 1. The van der Waals surface area contributed by atoms with Crippen molar-refractivity contribution in [3.05, 3.63) is 41.6 Å². The molecule has 1 aliphatic carbocycles. The molecule has 0 saturated heterocycles. The molecule has 100 valence electrons. The molecule has 0 amide bonds. The van der Waals surface area contributed by atoms with Crippen LogP contribution in [0.25, 0.3) is 0 Å². The highest BCUT2D eigenvalue weighted by Crippen LogP contribution is 2.24. The van der Waals surface area contributed by atoms with Gasteiger partial charge in [0.2, 0.25) is 0 Å². The van der Waals surface area contributed by atoms with E-state index < -0.39 is 10.0 Å². The molecule has 0 spiro atoms. The highest BCUT2D eigenvalue weighted by molar-refractivity contribution is 7.92. The Hall–Kier alpha value is -1.82. The van der Waals surface area contributed by atoms with Crippen LogP contribution >= 0.6 is 0 Å². The minimum Gasteiger partial charge on any atom is -0.264 e. The third-order valence-electron chi connectivity index (χ3n) is 3.38. The molecule has 0 atom stereocenters. The standard InChI is InChI=1S/C13H15N3O2S/c17-19(18,16-13-7-8-14-15-13)12-6-5-10-3-1-2-4-11(10)9-12/h5-9H,1-4H2,(H2,14,15,16). The average Bonchev–Trinajstić information content (AvgIpc) is 2.90. The van der Waals surface area contributed by atoms with Crippen LogP contribution in [0.4, 0.5) is 5.82 Å². The normalized spacial score (nSPS) is 14.9. The van der Waals surface area contributed by atoms with Gasteiger partial charge in [0.1, 0.15) is 5.82 Å². The first-order chi connectivity index (χ1) is 9.15. The number of nitrogens with zero attached hydrogens (tertiary/aromatic N) is 1. The fraction of sp³-hybridized carbons (Fsp3) is 0.308. The van der Waals surface area contributed by atoms with Crippen LogP contribution in [0.5, 0.6) is 0 Å². The van der Waals surface area contributed by atoms with Gasteiger partial charge in [-0.1, -0.05) is 6.07 Å². The zero-order valence-electron chi connectivity index (χ0n) is 10.4. The number of hydrogen-bond acceptors (Lipinski definition) is 3. The van der Waals surface area contributed by atoms with E-state index >= 15 is 0 Å². The first-order valence-electron chi connectivity index (χ1n) is 6.29. The Kier molecular flexibility index (Phi) is 3.02. The molecule has 6 heteroatoms. The molecule has 0 bridgehead atoms. The third-order valence-corrected chi connectivity index (χ3v) is 4.74. The van der Waals surface area contributed by atoms with Crippen molar-refractivity contribution < 1.29 is 8.42 Å². The van der Waals surface area contributed by atoms with Crippen LogP contribution in [0.15, 0.2) is 35.4 Å². The van der Waals surface area contributed by atoms with Gasteiger partial charge in [-0.25, -0.2) is 8.42 Å². The van der Waals surface area contributed by atoms with Crippen LogP contribution in [-0.2, 0) is 22.9 Å². The van der Waals surface area contributed by atoms with Gasteiger partial charge in [-0.2, -0.15) is 5.10 Å². The van der Waals surface area contributed by atoms with E-state index in [1.165, 1.54) is 18.2 Å². The fourth-order valence-electron chi connectivity index (χ4n) is 2.39. The summed E-state index contributed by atoms with van der Waals surface area (Å²) in [4.78, 5) is 0.308. The second-order valence-corrected chi connectivity index (χ2v) is 6.40. The summed E-state index contributed by atoms with van der Waals surface area (Å²) in [5.74, 6) is 0.373. The Morgan fingerprint density at radius 3 is 2.63 bits per heavy atom. The molecular weight excluding hydrogens is 262 g/mol. The maximum Gasteiger partial charge on any atom is 0.263 e. The number of sulfonamides is 1. The van der Waals surface area contributed by atoms with Crippen molar-refractivity contribution >= 4 is 15.8 Å². The second kappa shape index (κ2) is 4.70. The minimum atomic E-state index is -3.54. The summed E-state index contributed by atoms with van der Waals surface area (Å²) >= 11 is 0. The molecule has 1 aromatic heterocycles. The molecule has 19 heavy (non-hydrogen) atoms. The van der Waals surface area contributed by atoms with Gasteiger partial charge >= 0.3 is 0 Å². The topological polar surface area (TPSA) is 74.8 Å².